The number of amides is 2. The summed E-state index contributed by atoms with van der Waals surface area (Å²) in [4.78, 5) is 34.4. The molecule has 7 heteroatoms. The number of hydrogen-bond donors (Lipinski definition) is 0. The monoisotopic (exact) mass is 386 g/mol. The number of nitrogens with zero attached hydrogens (tertiary/aromatic N) is 4. The quantitative estimate of drug-likeness (QED) is 0.797. The summed E-state index contributed by atoms with van der Waals surface area (Å²) in [7, 11) is 0. The molecule has 142 valence electrons. The summed E-state index contributed by atoms with van der Waals surface area (Å²) in [6, 6.07) is 3.68. The Balaban J connectivity index is 1.38. The fourth-order valence-electron chi connectivity index (χ4n) is 4.64. The zero-order chi connectivity index (χ0) is 18.5. The molecule has 2 amide bonds. The molecule has 2 unspecified atom stereocenters. The molecule has 3 saturated heterocycles. The van der Waals surface area contributed by atoms with E-state index < -0.39 is 0 Å². The van der Waals surface area contributed by atoms with Gasteiger partial charge in [-0.1, -0.05) is 18.0 Å². The molecule has 5 heterocycles. The molecule has 6 rings (SSSR count). The molecule has 6 nitrogen and oxygen atoms in total. The predicted molar refractivity (Wildman–Crippen MR) is 102 cm³/mol. The molecule has 4 aliphatic rings. The lowest BCUT2D eigenvalue weighted by Gasteiger charge is -2.35. The van der Waals surface area contributed by atoms with E-state index in [1.165, 1.54) is 6.42 Å². The Labute approximate surface area is 163 Å². The van der Waals surface area contributed by atoms with Crippen molar-refractivity contribution in [3.63, 3.8) is 0 Å². The van der Waals surface area contributed by atoms with E-state index in [-0.39, 0.29) is 17.9 Å². The van der Waals surface area contributed by atoms with E-state index in [2.05, 4.69) is 4.98 Å². The van der Waals surface area contributed by atoms with Gasteiger partial charge in [0, 0.05) is 44.0 Å². The van der Waals surface area contributed by atoms with Crippen LogP contribution in [0.5, 0.6) is 0 Å². The maximum atomic E-state index is 13.2. The highest BCUT2D eigenvalue weighted by Gasteiger charge is 2.41. The van der Waals surface area contributed by atoms with E-state index >= 15 is 0 Å². The van der Waals surface area contributed by atoms with E-state index in [1.54, 1.807) is 22.9 Å². The molecular weight excluding hydrogens is 364 g/mol. The first-order valence-corrected chi connectivity index (χ1v) is 10.2. The van der Waals surface area contributed by atoms with Crippen molar-refractivity contribution in [2.75, 3.05) is 19.6 Å². The average molecular weight is 387 g/mol. The van der Waals surface area contributed by atoms with Crippen LogP contribution >= 0.6 is 11.6 Å². The highest BCUT2D eigenvalue weighted by atomic mass is 35.5. The molecule has 1 aliphatic carbocycles. The number of aromatic nitrogens is 2. The molecule has 0 radical (unpaired) electrons. The Morgan fingerprint density at radius 1 is 1.04 bits per heavy atom. The lowest BCUT2D eigenvalue weighted by Crippen LogP contribution is -2.48. The van der Waals surface area contributed by atoms with Gasteiger partial charge in [-0.05, 0) is 43.7 Å². The second-order valence-corrected chi connectivity index (χ2v) is 8.60. The van der Waals surface area contributed by atoms with Crippen molar-refractivity contribution in [1.82, 2.24) is 19.2 Å². The SMILES string of the molecule is O=C(C1CCC1)N1CC2CCC(C1)N(C(=O)c1cn3cc(Cl)ccc3n1)C2. The number of halogens is 1. The maximum Gasteiger partial charge on any atom is 0.274 e. The maximum absolute atomic E-state index is 13.2. The molecule has 2 aromatic heterocycles. The second-order valence-electron chi connectivity index (χ2n) is 8.16. The van der Waals surface area contributed by atoms with Gasteiger partial charge in [0.15, 0.2) is 0 Å². The van der Waals surface area contributed by atoms with Crippen molar-refractivity contribution in [2.45, 2.75) is 38.1 Å². The molecule has 3 aliphatic heterocycles. The summed E-state index contributed by atoms with van der Waals surface area (Å²) >= 11 is 6.04. The van der Waals surface area contributed by atoms with Crippen LogP contribution < -0.4 is 0 Å². The van der Waals surface area contributed by atoms with Gasteiger partial charge in [0.05, 0.1) is 5.02 Å². The van der Waals surface area contributed by atoms with Crippen LogP contribution in [0.3, 0.4) is 0 Å². The standard InChI is InChI=1S/C20H23ClN4O2/c21-15-5-7-18-22-17(12-23(18)10-15)20(27)25-9-13-4-6-16(25)11-24(8-13)19(26)14-2-1-3-14/h5,7,10,12-14,16H,1-4,6,8-9,11H2. The van der Waals surface area contributed by atoms with E-state index in [0.29, 0.717) is 41.3 Å². The Bertz CT molecular complexity index is 907. The highest BCUT2D eigenvalue weighted by molar-refractivity contribution is 6.30. The average Bonchev–Trinajstić information content (AvgIpc) is 2.80. The summed E-state index contributed by atoms with van der Waals surface area (Å²) < 4.78 is 1.79. The number of piperidine rings is 1. The minimum atomic E-state index is -0.0394. The number of rotatable bonds is 2. The first-order valence-electron chi connectivity index (χ1n) is 9.82. The van der Waals surface area contributed by atoms with Crippen LogP contribution in [-0.2, 0) is 4.79 Å². The number of carbonyl (C=O) groups is 2. The van der Waals surface area contributed by atoms with Crippen LogP contribution in [0.2, 0.25) is 5.02 Å². The summed E-state index contributed by atoms with van der Waals surface area (Å²) in [6.45, 7) is 2.17. The van der Waals surface area contributed by atoms with Gasteiger partial charge in [-0.15, -0.1) is 0 Å². The summed E-state index contributed by atoms with van der Waals surface area (Å²) in [5.74, 6) is 0.843. The summed E-state index contributed by atoms with van der Waals surface area (Å²) in [6.07, 6.45) is 8.77. The smallest absolute Gasteiger partial charge is 0.274 e. The normalized spacial score (nSPS) is 25.5. The fourth-order valence-corrected chi connectivity index (χ4v) is 4.81. The van der Waals surface area contributed by atoms with Gasteiger partial charge < -0.3 is 14.2 Å². The molecule has 0 spiro atoms. The number of hydrogen-bond acceptors (Lipinski definition) is 3. The molecule has 27 heavy (non-hydrogen) atoms. The number of carbonyl (C=O) groups excluding carboxylic acids is 2. The van der Waals surface area contributed by atoms with Crippen LogP contribution in [0.25, 0.3) is 5.65 Å². The summed E-state index contributed by atoms with van der Waals surface area (Å²) in [5.41, 5.74) is 1.16. The molecule has 2 atom stereocenters. The third-order valence-electron chi connectivity index (χ3n) is 6.37. The third-order valence-corrected chi connectivity index (χ3v) is 6.60. The van der Waals surface area contributed by atoms with Gasteiger partial charge in [0.2, 0.25) is 5.91 Å². The van der Waals surface area contributed by atoms with E-state index in [0.717, 1.165) is 32.2 Å². The van der Waals surface area contributed by atoms with Crippen LogP contribution in [0.1, 0.15) is 42.6 Å². The van der Waals surface area contributed by atoms with Gasteiger partial charge in [0.1, 0.15) is 11.3 Å². The molecule has 2 bridgehead atoms. The van der Waals surface area contributed by atoms with E-state index in [1.807, 2.05) is 15.9 Å². The third kappa shape index (κ3) is 3.00. The second kappa shape index (κ2) is 6.51. The Hall–Kier alpha value is -2.08. The van der Waals surface area contributed by atoms with E-state index in [4.69, 9.17) is 11.6 Å². The van der Waals surface area contributed by atoms with Gasteiger partial charge >= 0.3 is 0 Å². The predicted octanol–water partition coefficient (Wildman–Crippen LogP) is 2.85. The Morgan fingerprint density at radius 2 is 1.89 bits per heavy atom. The van der Waals surface area contributed by atoms with E-state index in [9.17, 15) is 9.59 Å². The lowest BCUT2D eigenvalue weighted by atomic mass is 9.84. The number of imidazole rings is 1. The van der Waals surface area contributed by atoms with Crippen molar-refractivity contribution in [3.8, 4) is 0 Å². The first kappa shape index (κ1) is 17.0. The van der Waals surface area contributed by atoms with Gasteiger partial charge in [0.25, 0.3) is 5.91 Å². The van der Waals surface area contributed by atoms with Gasteiger partial charge in [-0.25, -0.2) is 4.98 Å². The number of fused-ring (bicyclic) bond motifs is 5. The van der Waals surface area contributed by atoms with Crippen LogP contribution in [0, 0.1) is 11.8 Å². The van der Waals surface area contributed by atoms with Crippen molar-refractivity contribution < 1.29 is 9.59 Å². The van der Waals surface area contributed by atoms with Gasteiger partial charge in [-0.3, -0.25) is 9.59 Å². The topological polar surface area (TPSA) is 57.9 Å². The molecule has 4 fully saturated rings. The minimum absolute atomic E-state index is 0.0394. The zero-order valence-corrected chi connectivity index (χ0v) is 15.9. The molecule has 0 aromatic carbocycles. The van der Waals surface area contributed by atoms with Crippen molar-refractivity contribution in [3.05, 3.63) is 35.2 Å². The highest BCUT2D eigenvalue weighted by Crippen LogP contribution is 2.33. The number of pyridine rings is 1. The molecule has 1 saturated carbocycles. The van der Waals surface area contributed by atoms with Crippen molar-refractivity contribution in [1.29, 1.82) is 0 Å². The first-order chi connectivity index (χ1) is 13.1. The van der Waals surface area contributed by atoms with Crippen LogP contribution in [0.15, 0.2) is 24.5 Å². The van der Waals surface area contributed by atoms with Gasteiger partial charge in [-0.2, -0.15) is 0 Å². The molecule has 2 aromatic rings. The van der Waals surface area contributed by atoms with Crippen molar-refractivity contribution in [2.24, 2.45) is 11.8 Å². The van der Waals surface area contributed by atoms with Crippen molar-refractivity contribution >= 4 is 29.1 Å². The largest absolute Gasteiger partial charge is 0.340 e. The molecular formula is C20H23ClN4O2. The fraction of sp³-hybridized carbons (Fsp3) is 0.550. The lowest BCUT2D eigenvalue weighted by molar-refractivity contribution is -0.138. The Morgan fingerprint density at radius 3 is 2.67 bits per heavy atom. The molecule has 0 N–H and O–H groups in total. The van der Waals surface area contributed by atoms with Crippen LogP contribution in [0.4, 0.5) is 0 Å². The summed E-state index contributed by atoms with van der Waals surface area (Å²) in [5, 5.41) is 0.609. The van der Waals surface area contributed by atoms with Crippen LogP contribution in [-0.4, -0.2) is 56.7 Å². The minimum Gasteiger partial charge on any atom is -0.340 e. The Kier molecular flexibility index (Phi) is 4.11. The zero-order valence-electron chi connectivity index (χ0n) is 15.2.